The summed E-state index contributed by atoms with van der Waals surface area (Å²) in [6, 6.07) is 7.47. The first kappa shape index (κ1) is 13.5. The number of nitrogens with zero attached hydrogens (tertiary/aromatic N) is 2. The average Bonchev–Trinajstić information content (AvgIpc) is 2.94. The average molecular weight is 281 g/mol. The van der Waals surface area contributed by atoms with E-state index >= 15 is 0 Å². The van der Waals surface area contributed by atoms with Gasteiger partial charge in [-0.05, 0) is 11.6 Å². The van der Waals surface area contributed by atoms with E-state index in [1.807, 2.05) is 24.3 Å². The van der Waals surface area contributed by atoms with Gasteiger partial charge in [0.1, 0.15) is 6.33 Å². The Hall–Kier alpha value is -1.92. The molecule has 1 aromatic heterocycles. The first-order valence-corrected chi connectivity index (χ1v) is 6.10. The van der Waals surface area contributed by atoms with E-state index in [4.69, 9.17) is 16.3 Å². The summed E-state index contributed by atoms with van der Waals surface area (Å²) in [6.07, 6.45) is 1.28. The maximum atomic E-state index is 11.5. The molecule has 0 spiro atoms. The minimum atomic E-state index is -0.307. The molecule has 0 aliphatic rings. The summed E-state index contributed by atoms with van der Waals surface area (Å²) in [5.41, 5.74) is 0.922. The van der Waals surface area contributed by atoms with Gasteiger partial charge >= 0.3 is 0 Å². The van der Waals surface area contributed by atoms with Crippen LogP contribution in [0.5, 0.6) is 0 Å². The van der Waals surface area contributed by atoms with E-state index in [0.29, 0.717) is 24.8 Å². The summed E-state index contributed by atoms with van der Waals surface area (Å²) >= 11 is 5.99. The van der Waals surface area contributed by atoms with Crippen molar-refractivity contribution in [3.8, 4) is 0 Å². The third kappa shape index (κ3) is 4.04. The Labute approximate surface area is 115 Å². The van der Waals surface area contributed by atoms with Crippen LogP contribution in [0.25, 0.3) is 0 Å². The number of hydrogen-bond acceptors (Lipinski definition) is 4. The van der Waals surface area contributed by atoms with Crippen LogP contribution in [0, 0.1) is 0 Å². The van der Waals surface area contributed by atoms with Crippen molar-refractivity contribution in [1.82, 2.24) is 20.5 Å². The van der Waals surface area contributed by atoms with Crippen LogP contribution < -0.4 is 5.32 Å². The van der Waals surface area contributed by atoms with Gasteiger partial charge in [-0.3, -0.25) is 9.89 Å². The molecule has 0 aliphatic carbocycles. The van der Waals surface area contributed by atoms with E-state index in [9.17, 15) is 4.79 Å². The quantitative estimate of drug-likeness (QED) is 0.784. The molecule has 0 atom stereocenters. The van der Waals surface area contributed by atoms with Crippen LogP contribution in [0.1, 0.15) is 16.2 Å². The van der Waals surface area contributed by atoms with Gasteiger partial charge in [-0.1, -0.05) is 29.8 Å². The number of aromatic amines is 1. The number of nitrogens with one attached hydrogen (secondary N) is 2. The van der Waals surface area contributed by atoms with E-state index in [2.05, 4.69) is 20.5 Å². The van der Waals surface area contributed by atoms with Crippen LogP contribution in [0.3, 0.4) is 0 Å². The summed E-state index contributed by atoms with van der Waals surface area (Å²) in [4.78, 5) is 15.2. The van der Waals surface area contributed by atoms with Gasteiger partial charge in [0, 0.05) is 11.6 Å². The number of benzene rings is 1. The predicted molar refractivity (Wildman–Crippen MR) is 69.8 cm³/mol. The normalized spacial score (nSPS) is 10.4. The molecular weight excluding hydrogens is 268 g/mol. The van der Waals surface area contributed by atoms with Crippen molar-refractivity contribution in [2.75, 3.05) is 13.2 Å². The highest BCUT2D eigenvalue weighted by Gasteiger charge is 2.06. The zero-order valence-electron chi connectivity index (χ0n) is 10.1. The van der Waals surface area contributed by atoms with Crippen LogP contribution in [0.15, 0.2) is 30.6 Å². The molecule has 1 heterocycles. The molecule has 7 heteroatoms. The second-order valence-corrected chi connectivity index (χ2v) is 4.14. The lowest BCUT2D eigenvalue weighted by Gasteiger charge is -2.06. The minimum absolute atomic E-state index is 0.186. The van der Waals surface area contributed by atoms with Crippen molar-refractivity contribution < 1.29 is 9.53 Å². The Morgan fingerprint density at radius 1 is 1.42 bits per heavy atom. The molecule has 0 fully saturated rings. The maximum Gasteiger partial charge on any atom is 0.288 e. The molecule has 0 bridgehead atoms. The van der Waals surface area contributed by atoms with Crippen molar-refractivity contribution in [3.05, 3.63) is 47.0 Å². The number of ether oxygens (including phenoxy) is 1. The Morgan fingerprint density at radius 2 is 2.26 bits per heavy atom. The van der Waals surface area contributed by atoms with Crippen LogP contribution in [-0.2, 0) is 11.3 Å². The Morgan fingerprint density at radius 3 is 3.00 bits per heavy atom. The largest absolute Gasteiger partial charge is 0.375 e. The standard InChI is InChI=1S/C12H13ClN4O2/c13-10-4-2-1-3-9(10)7-19-6-5-14-12(18)11-15-8-16-17-11/h1-4,8H,5-7H2,(H,14,18)(H,15,16,17). The van der Waals surface area contributed by atoms with Gasteiger partial charge < -0.3 is 10.1 Å². The summed E-state index contributed by atoms with van der Waals surface area (Å²) in [7, 11) is 0. The zero-order valence-corrected chi connectivity index (χ0v) is 10.9. The highest BCUT2D eigenvalue weighted by Crippen LogP contribution is 2.15. The highest BCUT2D eigenvalue weighted by molar-refractivity contribution is 6.31. The maximum absolute atomic E-state index is 11.5. The molecule has 19 heavy (non-hydrogen) atoms. The number of carbonyl (C=O) groups excluding carboxylic acids is 1. The molecule has 0 saturated heterocycles. The SMILES string of the molecule is O=C(NCCOCc1ccccc1Cl)c1ncn[nH]1. The van der Waals surface area contributed by atoms with Crippen LogP contribution in [0.4, 0.5) is 0 Å². The van der Waals surface area contributed by atoms with Crippen molar-refractivity contribution in [2.24, 2.45) is 0 Å². The molecule has 0 saturated carbocycles. The lowest BCUT2D eigenvalue weighted by molar-refractivity contribution is 0.0892. The molecular formula is C12H13ClN4O2. The summed E-state index contributed by atoms with van der Waals surface area (Å²) in [6.45, 7) is 1.20. The summed E-state index contributed by atoms with van der Waals surface area (Å²) in [5.74, 6) is -0.120. The smallest absolute Gasteiger partial charge is 0.288 e. The van der Waals surface area contributed by atoms with E-state index in [0.717, 1.165) is 5.56 Å². The van der Waals surface area contributed by atoms with E-state index < -0.39 is 0 Å². The van der Waals surface area contributed by atoms with Crippen LogP contribution in [0.2, 0.25) is 5.02 Å². The second-order valence-electron chi connectivity index (χ2n) is 3.73. The number of rotatable bonds is 6. The number of halogens is 1. The van der Waals surface area contributed by atoms with Gasteiger partial charge in [-0.25, -0.2) is 4.98 Å². The van der Waals surface area contributed by atoms with Gasteiger partial charge in [-0.15, -0.1) is 0 Å². The number of hydrogen-bond donors (Lipinski definition) is 2. The Balaban J connectivity index is 1.65. The molecule has 1 aromatic carbocycles. The second kappa shape index (κ2) is 6.86. The van der Waals surface area contributed by atoms with Gasteiger partial charge in [0.2, 0.25) is 5.82 Å². The van der Waals surface area contributed by atoms with Crippen molar-refractivity contribution in [3.63, 3.8) is 0 Å². The summed E-state index contributed by atoms with van der Waals surface area (Å²) in [5, 5.41) is 9.40. The Bertz CT molecular complexity index is 530. The molecule has 1 amide bonds. The van der Waals surface area contributed by atoms with Crippen molar-refractivity contribution >= 4 is 17.5 Å². The third-order valence-corrected chi connectivity index (χ3v) is 2.75. The lowest BCUT2D eigenvalue weighted by atomic mass is 10.2. The number of aromatic nitrogens is 3. The minimum Gasteiger partial charge on any atom is -0.375 e. The molecule has 6 nitrogen and oxygen atoms in total. The molecule has 100 valence electrons. The molecule has 0 radical (unpaired) electrons. The Kier molecular flexibility index (Phi) is 4.88. The van der Waals surface area contributed by atoms with Gasteiger partial charge in [-0.2, -0.15) is 5.10 Å². The van der Waals surface area contributed by atoms with Gasteiger partial charge in [0.15, 0.2) is 0 Å². The topological polar surface area (TPSA) is 79.9 Å². The first-order chi connectivity index (χ1) is 9.27. The van der Waals surface area contributed by atoms with Gasteiger partial charge in [0.05, 0.1) is 13.2 Å². The third-order valence-electron chi connectivity index (χ3n) is 2.38. The van der Waals surface area contributed by atoms with Crippen molar-refractivity contribution in [2.45, 2.75) is 6.61 Å². The van der Waals surface area contributed by atoms with E-state index in [1.54, 1.807) is 0 Å². The van der Waals surface area contributed by atoms with E-state index in [1.165, 1.54) is 6.33 Å². The lowest BCUT2D eigenvalue weighted by Crippen LogP contribution is -2.28. The first-order valence-electron chi connectivity index (χ1n) is 5.72. The predicted octanol–water partition coefficient (Wildman–Crippen LogP) is 1.40. The number of carbonyl (C=O) groups is 1. The molecule has 2 rings (SSSR count). The molecule has 2 aromatic rings. The highest BCUT2D eigenvalue weighted by atomic mass is 35.5. The van der Waals surface area contributed by atoms with Gasteiger partial charge in [0.25, 0.3) is 5.91 Å². The van der Waals surface area contributed by atoms with Crippen LogP contribution >= 0.6 is 11.6 Å². The fourth-order valence-corrected chi connectivity index (χ4v) is 1.62. The fraction of sp³-hybridized carbons (Fsp3) is 0.250. The summed E-state index contributed by atoms with van der Waals surface area (Å²) < 4.78 is 5.42. The molecule has 2 N–H and O–H groups in total. The molecule has 0 unspecified atom stereocenters. The van der Waals surface area contributed by atoms with Crippen LogP contribution in [-0.4, -0.2) is 34.2 Å². The van der Waals surface area contributed by atoms with Crippen molar-refractivity contribution in [1.29, 1.82) is 0 Å². The number of H-pyrrole nitrogens is 1. The monoisotopic (exact) mass is 280 g/mol. The fourth-order valence-electron chi connectivity index (χ4n) is 1.43. The van der Waals surface area contributed by atoms with E-state index in [-0.39, 0.29) is 11.7 Å². The number of amides is 1. The zero-order chi connectivity index (χ0) is 13.5. The molecule has 0 aliphatic heterocycles.